The van der Waals surface area contributed by atoms with Gasteiger partial charge in [0.1, 0.15) is 0 Å². The average Bonchev–Trinajstić information content (AvgIpc) is 2.38. The molecule has 1 aliphatic rings. The highest BCUT2D eigenvalue weighted by molar-refractivity contribution is 5.76. The van der Waals surface area contributed by atoms with E-state index in [4.69, 9.17) is 5.73 Å². The van der Waals surface area contributed by atoms with Crippen LogP contribution in [0.4, 0.5) is 19.1 Å². The first kappa shape index (κ1) is 14.3. The summed E-state index contributed by atoms with van der Waals surface area (Å²) in [6, 6.07) is 0. The molecule has 0 aliphatic carbocycles. The van der Waals surface area contributed by atoms with Crippen LogP contribution in [-0.4, -0.2) is 29.0 Å². The van der Waals surface area contributed by atoms with E-state index in [1.807, 2.05) is 6.08 Å². The molecule has 0 saturated carbocycles. The molecule has 0 saturated heterocycles. The van der Waals surface area contributed by atoms with Gasteiger partial charge in [-0.3, -0.25) is 4.79 Å². The Bertz CT molecular complexity index is 524. The first-order valence-corrected chi connectivity index (χ1v) is 5.96. The molecule has 108 valence electrons. The number of primary amides is 1. The van der Waals surface area contributed by atoms with Crippen molar-refractivity contribution in [2.45, 2.75) is 19.0 Å². The van der Waals surface area contributed by atoms with Crippen LogP contribution in [-0.2, 0) is 11.0 Å². The van der Waals surface area contributed by atoms with Crippen LogP contribution in [0.2, 0.25) is 0 Å². The van der Waals surface area contributed by atoms with E-state index in [0.29, 0.717) is 19.5 Å². The summed E-state index contributed by atoms with van der Waals surface area (Å²) in [6.45, 7) is 0.998. The zero-order valence-corrected chi connectivity index (χ0v) is 10.5. The van der Waals surface area contributed by atoms with Crippen LogP contribution in [0, 0.1) is 0 Å². The van der Waals surface area contributed by atoms with E-state index in [0.717, 1.165) is 18.0 Å². The Labute approximate surface area is 113 Å². The summed E-state index contributed by atoms with van der Waals surface area (Å²) in [7, 11) is 0. The van der Waals surface area contributed by atoms with Crippen molar-refractivity contribution in [2.75, 3.05) is 18.0 Å². The lowest BCUT2D eigenvalue weighted by molar-refractivity contribution is -0.138. The molecule has 0 radical (unpaired) electrons. The number of anilines is 1. The molecule has 0 unspecified atom stereocenters. The normalized spacial score (nSPS) is 15.9. The predicted molar refractivity (Wildman–Crippen MR) is 65.8 cm³/mol. The minimum absolute atomic E-state index is 0.210. The maximum atomic E-state index is 12.4. The van der Waals surface area contributed by atoms with Gasteiger partial charge >= 0.3 is 6.18 Å². The van der Waals surface area contributed by atoms with Gasteiger partial charge in [0.15, 0.2) is 0 Å². The third-order valence-electron chi connectivity index (χ3n) is 2.95. The Morgan fingerprint density at radius 1 is 1.35 bits per heavy atom. The average molecular weight is 286 g/mol. The van der Waals surface area contributed by atoms with E-state index < -0.39 is 17.6 Å². The molecule has 1 aromatic rings. The Morgan fingerprint density at radius 3 is 2.45 bits per heavy atom. The van der Waals surface area contributed by atoms with Crippen molar-refractivity contribution < 1.29 is 18.0 Å². The summed E-state index contributed by atoms with van der Waals surface area (Å²) in [4.78, 5) is 20.0. The van der Waals surface area contributed by atoms with Crippen LogP contribution in [0.15, 0.2) is 24.0 Å². The Hall–Kier alpha value is -2.12. The van der Waals surface area contributed by atoms with Crippen molar-refractivity contribution >= 4 is 11.9 Å². The number of aromatic nitrogens is 2. The second-order valence-corrected chi connectivity index (χ2v) is 4.47. The number of halogens is 3. The smallest absolute Gasteiger partial charge is 0.369 e. The van der Waals surface area contributed by atoms with Crippen molar-refractivity contribution in [3.05, 3.63) is 29.6 Å². The Balaban J connectivity index is 2.04. The molecular formula is C12H13F3N4O. The van der Waals surface area contributed by atoms with Gasteiger partial charge in [-0.15, -0.1) is 0 Å². The minimum atomic E-state index is -4.44. The molecule has 2 heterocycles. The number of amides is 1. The van der Waals surface area contributed by atoms with Gasteiger partial charge in [-0.2, -0.15) is 13.2 Å². The van der Waals surface area contributed by atoms with Gasteiger partial charge in [0.25, 0.3) is 0 Å². The second kappa shape index (κ2) is 5.48. The molecule has 1 aliphatic heterocycles. The lowest BCUT2D eigenvalue weighted by Gasteiger charge is -2.26. The predicted octanol–water partition coefficient (Wildman–Crippen LogP) is 1.51. The second-order valence-electron chi connectivity index (χ2n) is 4.47. The number of hydrogen-bond acceptors (Lipinski definition) is 4. The summed E-state index contributed by atoms with van der Waals surface area (Å²) in [5.74, 6) is -0.150. The van der Waals surface area contributed by atoms with Gasteiger partial charge in [0.05, 0.1) is 5.56 Å². The van der Waals surface area contributed by atoms with Crippen molar-refractivity contribution in [1.29, 1.82) is 0 Å². The van der Waals surface area contributed by atoms with Crippen LogP contribution >= 0.6 is 0 Å². The number of rotatable bonds is 3. The van der Waals surface area contributed by atoms with Crippen molar-refractivity contribution in [2.24, 2.45) is 5.73 Å². The Kier molecular flexibility index (Phi) is 3.91. The first-order valence-electron chi connectivity index (χ1n) is 5.96. The third kappa shape index (κ3) is 3.46. The van der Waals surface area contributed by atoms with Gasteiger partial charge in [0.2, 0.25) is 11.9 Å². The highest BCUT2D eigenvalue weighted by atomic mass is 19.4. The van der Waals surface area contributed by atoms with Gasteiger partial charge in [-0.1, -0.05) is 11.6 Å². The molecule has 0 aromatic carbocycles. The van der Waals surface area contributed by atoms with Gasteiger partial charge in [-0.05, 0) is 6.42 Å². The number of alkyl halides is 3. The molecule has 20 heavy (non-hydrogen) atoms. The van der Waals surface area contributed by atoms with Gasteiger partial charge in [-0.25, -0.2) is 9.97 Å². The molecule has 0 fully saturated rings. The molecule has 0 atom stereocenters. The fraction of sp³-hybridized carbons (Fsp3) is 0.417. The van der Waals surface area contributed by atoms with E-state index in [9.17, 15) is 18.0 Å². The minimum Gasteiger partial charge on any atom is -0.369 e. The molecule has 5 nitrogen and oxygen atoms in total. The van der Waals surface area contributed by atoms with Gasteiger partial charge < -0.3 is 10.6 Å². The lowest BCUT2D eigenvalue weighted by atomic mass is 10.1. The molecule has 0 spiro atoms. The number of nitrogens with two attached hydrogens (primary N) is 1. The number of hydrogen-bond donors (Lipinski definition) is 1. The number of carbonyl (C=O) groups excluding carboxylic acids is 1. The first-order chi connectivity index (χ1) is 9.36. The number of carbonyl (C=O) groups is 1. The molecule has 8 heteroatoms. The van der Waals surface area contributed by atoms with Crippen LogP contribution in [0.25, 0.3) is 0 Å². The van der Waals surface area contributed by atoms with Crippen LogP contribution in [0.3, 0.4) is 0 Å². The van der Waals surface area contributed by atoms with Crippen LogP contribution < -0.4 is 10.6 Å². The SMILES string of the molecule is NC(=O)CC1=CCN(c2ncc(C(F)(F)F)cn2)CC1. The molecule has 2 N–H and O–H groups in total. The molecule has 1 amide bonds. The van der Waals surface area contributed by atoms with Crippen LogP contribution in [0.1, 0.15) is 18.4 Å². The fourth-order valence-electron chi connectivity index (χ4n) is 1.91. The van der Waals surface area contributed by atoms with E-state index in [1.54, 1.807) is 4.90 Å². The van der Waals surface area contributed by atoms with Crippen molar-refractivity contribution in [3.63, 3.8) is 0 Å². The van der Waals surface area contributed by atoms with Gasteiger partial charge in [0, 0.05) is 31.9 Å². The largest absolute Gasteiger partial charge is 0.419 e. The summed E-state index contributed by atoms with van der Waals surface area (Å²) >= 11 is 0. The Morgan fingerprint density at radius 2 is 2.00 bits per heavy atom. The molecule has 0 bridgehead atoms. The monoisotopic (exact) mass is 286 g/mol. The highest BCUT2D eigenvalue weighted by Crippen LogP contribution is 2.28. The summed E-state index contributed by atoms with van der Waals surface area (Å²) < 4.78 is 37.2. The maximum Gasteiger partial charge on any atom is 0.419 e. The molecule has 2 rings (SSSR count). The van der Waals surface area contributed by atoms with Crippen LogP contribution in [0.5, 0.6) is 0 Å². The summed E-state index contributed by atoms with van der Waals surface area (Å²) in [6.07, 6.45) is -0.241. The van der Waals surface area contributed by atoms with E-state index in [-0.39, 0.29) is 12.4 Å². The zero-order valence-electron chi connectivity index (χ0n) is 10.5. The van der Waals surface area contributed by atoms with E-state index in [1.165, 1.54) is 0 Å². The zero-order chi connectivity index (χ0) is 14.8. The van der Waals surface area contributed by atoms with Crippen molar-refractivity contribution in [1.82, 2.24) is 9.97 Å². The topological polar surface area (TPSA) is 72.1 Å². The quantitative estimate of drug-likeness (QED) is 0.855. The third-order valence-corrected chi connectivity index (χ3v) is 2.95. The molecular weight excluding hydrogens is 273 g/mol. The summed E-state index contributed by atoms with van der Waals surface area (Å²) in [5.41, 5.74) is 5.16. The summed E-state index contributed by atoms with van der Waals surface area (Å²) in [5, 5.41) is 0. The lowest BCUT2D eigenvalue weighted by Crippen LogP contribution is -2.31. The molecule has 1 aromatic heterocycles. The van der Waals surface area contributed by atoms with E-state index >= 15 is 0 Å². The van der Waals surface area contributed by atoms with Crippen molar-refractivity contribution in [3.8, 4) is 0 Å². The maximum absolute atomic E-state index is 12.4. The fourth-order valence-corrected chi connectivity index (χ4v) is 1.91. The van der Waals surface area contributed by atoms with E-state index in [2.05, 4.69) is 9.97 Å². The standard InChI is InChI=1S/C12H13F3N4O/c13-12(14,15)9-6-17-11(18-7-9)19-3-1-8(2-4-19)5-10(16)20/h1,6-7H,2-5H2,(H2,16,20). The highest BCUT2D eigenvalue weighted by Gasteiger charge is 2.31. The number of nitrogens with zero attached hydrogens (tertiary/aromatic N) is 3.